The van der Waals surface area contributed by atoms with E-state index < -0.39 is 42.0 Å². The van der Waals surface area contributed by atoms with Crippen LogP contribution in [0.4, 0.5) is 13.2 Å². The number of halogens is 3. The summed E-state index contributed by atoms with van der Waals surface area (Å²) in [6.45, 7) is 5.57. The Morgan fingerprint density at radius 3 is 2.54 bits per heavy atom. The Bertz CT molecular complexity index is 598. The van der Waals surface area contributed by atoms with Crippen molar-refractivity contribution >= 4 is 5.97 Å². The molecule has 2 bridgehead atoms. The van der Waals surface area contributed by atoms with E-state index in [0.29, 0.717) is 18.8 Å². The van der Waals surface area contributed by atoms with Crippen molar-refractivity contribution in [3.63, 3.8) is 0 Å². The second kappa shape index (κ2) is 5.80. The van der Waals surface area contributed by atoms with Gasteiger partial charge in [-0.15, -0.1) is 0 Å². The number of hydrogen-bond donors (Lipinski definition) is 0. The molecule has 26 heavy (non-hydrogen) atoms. The fraction of sp³-hybridized carbons (Fsp3) is 0.941. The summed E-state index contributed by atoms with van der Waals surface area (Å²) in [5.41, 5.74) is -0.895. The first kappa shape index (κ1) is 18.5. The molecule has 5 rings (SSSR count). The molecule has 1 saturated carbocycles. The summed E-state index contributed by atoms with van der Waals surface area (Å²) in [6.07, 6.45) is -4.33. The first-order valence-electron chi connectivity index (χ1n) is 9.05. The predicted octanol–water partition coefficient (Wildman–Crippen LogP) is 3.30. The maximum atomic E-state index is 12.6. The highest BCUT2D eigenvalue weighted by Crippen LogP contribution is 2.60. The van der Waals surface area contributed by atoms with E-state index in [1.807, 2.05) is 0 Å². The Hall–Kier alpha value is -0.900. The van der Waals surface area contributed by atoms with Crippen molar-refractivity contribution in [2.24, 2.45) is 23.7 Å². The molecule has 4 aliphatic heterocycles. The molecule has 0 radical (unpaired) electrons. The molecule has 0 aromatic rings. The van der Waals surface area contributed by atoms with Gasteiger partial charge in [0.05, 0.1) is 0 Å². The zero-order valence-corrected chi connectivity index (χ0v) is 14.9. The summed E-state index contributed by atoms with van der Waals surface area (Å²) in [5, 5.41) is 0. The van der Waals surface area contributed by atoms with Crippen LogP contribution in [0.15, 0.2) is 0 Å². The Labute approximate surface area is 149 Å². The third-order valence-electron chi connectivity index (χ3n) is 6.55. The lowest BCUT2D eigenvalue weighted by atomic mass is 9.58. The van der Waals surface area contributed by atoms with Gasteiger partial charge >= 0.3 is 12.1 Å². The van der Waals surface area contributed by atoms with E-state index in [1.54, 1.807) is 13.8 Å². The molecule has 2 unspecified atom stereocenters. The number of alkyl halides is 3. The quantitative estimate of drug-likeness (QED) is 0.514. The maximum absolute atomic E-state index is 12.6. The molecule has 6 nitrogen and oxygen atoms in total. The molecule has 1 spiro atoms. The van der Waals surface area contributed by atoms with Crippen LogP contribution in [-0.2, 0) is 28.8 Å². The van der Waals surface area contributed by atoms with Gasteiger partial charge in [0, 0.05) is 18.3 Å². The van der Waals surface area contributed by atoms with Gasteiger partial charge in [-0.2, -0.15) is 13.2 Å². The van der Waals surface area contributed by atoms with Gasteiger partial charge in [-0.25, -0.2) is 14.6 Å². The second-order valence-electron chi connectivity index (χ2n) is 8.18. The normalized spacial score (nSPS) is 50.7. The number of carbonyl (C=O) groups excluding carboxylic acids is 1. The molecule has 1 aliphatic carbocycles. The van der Waals surface area contributed by atoms with Crippen LogP contribution in [0.25, 0.3) is 0 Å². The number of carbonyl (C=O) groups is 1. The van der Waals surface area contributed by atoms with Crippen LogP contribution in [0.5, 0.6) is 0 Å². The van der Waals surface area contributed by atoms with Gasteiger partial charge in [0.15, 0.2) is 11.9 Å². The lowest BCUT2D eigenvalue weighted by Crippen LogP contribution is -2.70. The van der Waals surface area contributed by atoms with E-state index in [2.05, 4.69) is 11.7 Å². The van der Waals surface area contributed by atoms with Gasteiger partial charge in [0.1, 0.15) is 0 Å². The monoisotopic (exact) mass is 380 g/mol. The molecular weight excluding hydrogens is 357 g/mol. The molecule has 0 amide bonds. The highest BCUT2D eigenvalue weighted by atomic mass is 19.4. The molecule has 9 heteroatoms. The number of ether oxygens (including phenoxy) is 3. The van der Waals surface area contributed by atoms with Crippen molar-refractivity contribution in [3.05, 3.63) is 0 Å². The van der Waals surface area contributed by atoms with E-state index in [1.165, 1.54) is 0 Å². The zero-order valence-electron chi connectivity index (χ0n) is 14.9. The van der Waals surface area contributed by atoms with Crippen LogP contribution in [0.1, 0.15) is 46.5 Å². The molecule has 0 aromatic carbocycles. The molecule has 0 aromatic heterocycles. The third-order valence-corrected chi connectivity index (χ3v) is 6.55. The molecular formula is C17H23F3O6. The van der Waals surface area contributed by atoms with Crippen molar-refractivity contribution in [3.8, 4) is 0 Å². The first-order valence-corrected chi connectivity index (χ1v) is 9.05. The van der Waals surface area contributed by atoms with Gasteiger partial charge in [0.25, 0.3) is 0 Å². The maximum Gasteiger partial charge on any atom is 0.491 e. The number of fused-ring (bicyclic) bond motifs is 2. The molecule has 5 fully saturated rings. The van der Waals surface area contributed by atoms with Gasteiger partial charge in [-0.05, 0) is 38.0 Å². The summed E-state index contributed by atoms with van der Waals surface area (Å²) in [7, 11) is 0. The summed E-state index contributed by atoms with van der Waals surface area (Å²) < 4.78 is 54.3. The standard InChI is InChI=1S/C17H23F3O6/c1-8-4-5-11-9(2)12(22-13(21)17(18,19)20)23-14-16(11)10(8)6-7-15(3,24-14)25-26-16/h8-12,14H,4-7H2,1-3H3/t8-,9-,10-,11+,12?,14-,15-,16?/m1/s1. The van der Waals surface area contributed by atoms with Crippen LogP contribution in [0, 0.1) is 23.7 Å². The fourth-order valence-corrected chi connectivity index (χ4v) is 5.18. The highest BCUT2D eigenvalue weighted by Gasteiger charge is 2.70. The lowest BCUT2D eigenvalue weighted by Gasteiger charge is -2.59. The highest BCUT2D eigenvalue weighted by molar-refractivity contribution is 5.75. The predicted molar refractivity (Wildman–Crippen MR) is 79.0 cm³/mol. The van der Waals surface area contributed by atoms with E-state index in [4.69, 9.17) is 19.2 Å². The first-order chi connectivity index (χ1) is 12.1. The number of esters is 1. The molecule has 4 heterocycles. The SMILES string of the molecule is C[C@@H]1CC[C@H]2[C@@H](C)C(OC(=O)C(F)(F)F)O[C@@H]3O[C@@]4(C)CC[C@H]1C32OO4. The van der Waals surface area contributed by atoms with Crippen molar-refractivity contribution in [2.75, 3.05) is 0 Å². The van der Waals surface area contributed by atoms with E-state index in [9.17, 15) is 18.0 Å². The van der Waals surface area contributed by atoms with E-state index >= 15 is 0 Å². The van der Waals surface area contributed by atoms with Gasteiger partial charge in [-0.1, -0.05) is 13.8 Å². The second-order valence-corrected chi connectivity index (χ2v) is 8.18. The van der Waals surface area contributed by atoms with Gasteiger partial charge in [-0.3, -0.25) is 0 Å². The summed E-state index contributed by atoms with van der Waals surface area (Å²) in [4.78, 5) is 22.8. The Morgan fingerprint density at radius 2 is 1.85 bits per heavy atom. The zero-order chi connectivity index (χ0) is 18.9. The van der Waals surface area contributed by atoms with Gasteiger partial charge in [0.2, 0.25) is 12.1 Å². The summed E-state index contributed by atoms with van der Waals surface area (Å²) in [6, 6.07) is 0. The smallest absolute Gasteiger partial charge is 0.429 e. The lowest BCUT2D eigenvalue weighted by molar-refractivity contribution is -0.576. The summed E-state index contributed by atoms with van der Waals surface area (Å²) >= 11 is 0. The Balaban J connectivity index is 1.67. The van der Waals surface area contributed by atoms with Crippen LogP contribution in [-0.4, -0.2) is 36.1 Å². The molecule has 5 aliphatic rings. The average Bonchev–Trinajstić information content (AvgIpc) is 2.77. The molecule has 8 atom stereocenters. The Morgan fingerprint density at radius 1 is 1.12 bits per heavy atom. The Kier molecular flexibility index (Phi) is 4.12. The minimum absolute atomic E-state index is 0.0947. The van der Waals surface area contributed by atoms with Crippen molar-refractivity contribution in [2.45, 2.75) is 76.6 Å². The molecule has 4 saturated heterocycles. The van der Waals surface area contributed by atoms with Crippen molar-refractivity contribution in [1.82, 2.24) is 0 Å². The minimum atomic E-state index is -5.07. The average molecular weight is 380 g/mol. The van der Waals surface area contributed by atoms with Crippen LogP contribution in [0.2, 0.25) is 0 Å². The molecule has 148 valence electrons. The van der Waals surface area contributed by atoms with Crippen LogP contribution >= 0.6 is 0 Å². The van der Waals surface area contributed by atoms with E-state index in [-0.39, 0.29) is 11.8 Å². The minimum Gasteiger partial charge on any atom is -0.429 e. The largest absolute Gasteiger partial charge is 0.491 e. The molecule has 0 N–H and O–H groups in total. The number of rotatable bonds is 1. The van der Waals surface area contributed by atoms with Gasteiger partial charge < -0.3 is 14.2 Å². The van der Waals surface area contributed by atoms with E-state index in [0.717, 1.165) is 12.8 Å². The number of hydrogen-bond acceptors (Lipinski definition) is 6. The van der Waals surface area contributed by atoms with Crippen molar-refractivity contribution in [1.29, 1.82) is 0 Å². The van der Waals surface area contributed by atoms with Crippen LogP contribution in [0.3, 0.4) is 0 Å². The third kappa shape index (κ3) is 2.58. The van der Waals surface area contributed by atoms with Crippen molar-refractivity contribution < 1.29 is 42.0 Å². The topological polar surface area (TPSA) is 63.2 Å². The summed E-state index contributed by atoms with van der Waals surface area (Å²) in [5.74, 6) is -3.54. The fourth-order valence-electron chi connectivity index (χ4n) is 5.18. The van der Waals surface area contributed by atoms with Crippen LogP contribution < -0.4 is 0 Å².